The van der Waals surface area contributed by atoms with Gasteiger partial charge in [-0.2, -0.15) is 0 Å². The summed E-state index contributed by atoms with van der Waals surface area (Å²) in [5, 5.41) is 4.32. The number of carbonyl (C=O) groups excluding carboxylic acids is 1. The van der Waals surface area contributed by atoms with Crippen LogP contribution in [0.2, 0.25) is 0 Å². The molecule has 2 heterocycles. The van der Waals surface area contributed by atoms with Gasteiger partial charge in [0.25, 0.3) is 5.56 Å². The molecule has 38 heavy (non-hydrogen) atoms. The van der Waals surface area contributed by atoms with Crippen LogP contribution in [0, 0.1) is 6.92 Å². The van der Waals surface area contributed by atoms with E-state index in [0.717, 1.165) is 33.7 Å². The molecule has 0 aliphatic carbocycles. The topological polar surface area (TPSA) is 110 Å². The number of nitrogens with one attached hydrogen (secondary N) is 2. The van der Waals surface area contributed by atoms with Crippen molar-refractivity contribution in [3.63, 3.8) is 0 Å². The molecular formula is C29H24N4O4S. The largest absolute Gasteiger partial charge is 0.322 e. The molecule has 0 saturated heterocycles. The number of sulfonamides is 1. The van der Waals surface area contributed by atoms with Crippen molar-refractivity contribution in [1.29, 1.82) is 0 Å². The lowest BCUT2D eigenvalue weighted by Gasteiger charge is -2.15. The van der Waals surface area contributed by atoms with Gasteiger partial charge in [-0.3, -0.25) is 23.9 Å². The van der Waals surface area contributed by atoms with Crippen LogP contribution in [0.5, 0.6) is 0 Å². The van der Waals surface area contributed by atoms with E-state index in [1.807, 2.05) is 49.4 Å². The second kappa shape index (κ2) is 9.60. The zero-order valence-corrected chi connectivity index (χ0v) is 21.5. The number of hydrogen-bond acceptors (Lipinski definition) is 5. The third-order valence-electron chi connectivity index (χ3n) is 6.01. The summed E-state index contributed by atoms with van der Waals surface area (Å²) in [7, 11) is -3.38. The molecule has 0 spiro atoms. The van der Waals surface area contributed by atoms with Crippen molar-refractivity contribution in [3.05, 3.63) is 108 Å². The molecule has 0 fully saturated rings. The van der Waals surface area contributed by atoms with Crippen LogP contribution >= 0.6 is 0 Å². The van der Waals surface area contributed by atoms with Crippen molar-refractivity contribution in [3.8, 4) is 16.8 Å². The normalized spacial score (nSPS) is 11.4. The summed E-state index contributed by atoms with van der Waals surface area (Å²) in [5.74, 6) is -0.344. The molecule has 0 unspecified atom stereocenters. The van der Waals surface area contributed by atoms with Crippen LogP contribution in [-0.4, -0.2) is 30.1 Å². The molecule has 2 N–H and O–H groups in total. The molecule has 5 rings (SSSR count). The summed E-state index contributed by atoms with van der Waals surface area (Å²) in [6, 6.07) is 21.5. The van der Waals surface area contributed by atoms with Gasteiger partial charge in [-0.05, 0) is 78.2 Å². The zero-order chi connectivity index (χ0) is 27.0. The molecule has 1 amide bonds. The average molecular weight is 525 g/mol. The van der Waals surface area contributed by atoms with Gasteiger partial charge >= 0.3 is 0 Å². The highest BCUT2D eigenvalue weighted by Gasteiger charge is 2.13. The van der Waals surface area contributed by atoms with Crippen molar-refractivity contribution < 1.29 is 13.2 Å². The summed E-state index contributed by atoms with van der Waals surface area (Å²) < 4.78 is 27.2. The first kappa shape index (κ1) is 24.9. The third kappa shape index (κ3) is 5.05. The highest BCUT2D eigenvalue weighted by atomic mass is 32.2. The van der Waals surface area contributed by atoms with Crippen LogP contribution in [0.15, 0.2) is 96.4 Å². The van der Waals surface area contributed by atoms with E-state index in [4.69, 9.17) is 0 Å². The van der Waals surface area contributed by atoms with Crippen LogP contribution in [0.3, 0.4) is 0 Å². The van der Waals surface area contributed by atoms with Crippen LogP contribution < -0.4 is 15.6 Å². The molecule has 2 aromatic heterocycles. The maximum absolute atomic E-state index is 13.3. The van der Waals surface area contributed by atoms with Crippen molar-refractivity contribution in [2.45, 2.75) is 6.92 Å². The number of anilines is 2. The minimum atomic E-state index is -3.38. The Morgan fingerprint density at radius 1 is 0.947 bits per heavy atom. The number of hydrogen-bond donors (Lipinski definition) is 2. The Morgan fingerprint density at radius 2 is 1.68 bits per heavy atom. The number of rotatable bonds is 6. The predicted octanol–water partition coefficient (Wildman–Crippen LogP) is 5.01. The van der Waals surface area contributed by atoms with Crippen molar-refractivity contribution >= 4 is 49.1 Å². The summed E-state index contributed by atoms with van der Waals surface area (Å²) in [6.07, 6.45) is 4.03. The smallest absolute Gasteiger partial charge is 0.255 e. The van der Waals surface area contributed by atoms with Gasteiger partial charge in [0, 0.05) is 34.4 Å². The van der Waals surface area contributed by atoms with Crippen LogP contribution in [-0.2, 0) is 14.8 Å². The second-order valence-corrected chi connectivity index (χ2v) is 10.8. The Balaban J connectivity index is 1.71. The lowest BCUT2D eigenvalue weighted by atomic mass is 10.0. The summed E-state index contributed by atoms with van der Waals surface area (Å²) in [4.78, 5) is 29.8. The number of nitrogens with zero attached hydrogens (tertiary/aromatic N) is 2. The van der Waals surface area contributed by atoms with E-state index in [1.54, 1.807) is 35.0 Å². The van der Waals surface area contributed by atoms with Crippen molar-refractivity contribution in [2.75, 3.05) is 16.3 Å². The maximum atomic E-state index is 13.3. The number of aromatic nitrogens is 2. The van der Waals surface area contributed by atoms with Gasteiger partial charge in [0.15, 0.2) is 0 Å². The first-order valence-electron chi connectivity index (χ1n) is 11.7. The first-order chi connectivity index (χ1) is 18.1. The minimum Gasteiger partial charge on any atom is -0.322 e. The molecule has 0 saturated carbocycles. The van der Waals surface area contributed by atoms with E-state index >= 15 is 0 Å². The van der Waals surface area contributed by atoms with E-state index in [2.05, 4.69) is 21.6 Å². The molecule has 9 heteroatoms. The highest BCUT2D eigenvalue weighted by Crippen LogP contribution is 2.31. The van der Waals surface area contributed by atoms with Gasteiger partial charge in [0.2, 0.25) is 15.9 Å². The zero-order valence-electron chi connectivity index (χ0n) is 20.7. The number of benzene rings is 3. The van der Waals surface area contributed by atoms with E-state index in [-0.39, 0.29) is 11.5 Å². The first-order valence-corrected chi connectivity index (χ1v) is 13.6. The van der Waals surface area contributed by atoms with E-state index in [1.165, 1.54) is 12.1 Å². The predicted molar refractivity (Wildman–Crippen MR) is 152 cm³/mol. The number of fused-ring (bicyclic) bond motifs is 3. The van der Waals surface area contributed by atoms with E-state index in [0.29, 0.717) is 28.1 Å². The molecule has 0 aliphatic heterocycles. The molecule has 190 valence electrons. The fourth-order valence-electron chi connectivity index (χ4n) is 4.45. The Labute approximate surface area is 219 Å². The molecule has 0 radical (unpaired) electrons. The standard InChI is InChI=1S/C29H24N4O4S/c1-4-27(34)31-23-13-18(2)14-24(16-23)33-28(35)12-8-21-17-30-26-11-7-20(15-25(26)29(21)33)19-5-9-22(10-6-19)32-38(3,36)37/h4-17,32H,1H2,2-3H3,(H,31,34). The van der Waals surface area contributed by atoms with E-state index < -0.39 is 10.0 Å². The van der Waals surface area contributed by atoms with Gasteiger partial charge < -0.3 is 5.32 Å². The van der Waals surface area contributed by atoms with Crippen molar-refractivity contribution in [1.82, 2.24) is 9.55 Å². The van der Waals surface area contributed by atoms with Gasteiger partial charge in [-0.25, -0.2) is 8.42 Å². The molecule has 3 aromatic carbocycles. The van der Waals surface area contributed by atoms with Crippen LogP contribution in [0.25, 0.3) is 38.6 Å². The molecular weight excluding hydrogens is 500 g/mol. The fraction of sp³-hybridized carbons (Fsp3) is 0.0690. The van der Waals surface area contributed by atoms with Gasteiger partial charge in [0.05, 0.1) is 23.0 Å². The SMILES string of the molecule is C=CC(=O)Nc1cc(C)cc(-n2c(=O)ccc3cnc4ccc(-c5ccc(NS(C)(=O)=O)cc5)cc4c32)c1. The van der Waals surface area contributed by atoms with Gasteiger partial charge in [-0.1, -0.05) is 24.8 Å². The van der Waals surface area contributed by atoms with Gasteiger partial charge in [-0.15, -0.1) is 0 Å². The molecule has 0 atom stereocenters. The molecule has 0 aliphatic rings. The summed E-state index contributed by atoms with van der Waals surface area (Å²) >= 11 is 0. The Morgan fingerprint density at radius 3 is 2.39 bits per heavy atom. The lowest BCUT2D eigenvalue weighted by molar-refractivity contribution is -0.111. The summed E-state index contributed by atoms with van der Waals surface area (Å²) in [5.41, 5.74) is 5.42. The average Bonchev–Trinajstić information content (AvgIpc) is 2.87. The number of carbonyl (C=O) groups is 1. The summed E-state index contributed by atoms with van der Waals surface area (Å²) in [6.45, 7) is 5.39. The minimum absolute atomic E-state index is 0.224. The van der Waals surface area contributed by atoms with Gasteiger partial charge in [0.1, 0.15) is 0 Å². The Hall–Kier alpha value is -4.76. The molecule has 8 nitrogen and oxygen atoms in total. The lowest BCUT2D eigenvalue weighted by Crippen LogP contribution is -2.18. The molecule has 0 bridgehead atoms. The third-order valence-corrected chi connectivity index (χ3v) is 6.62. The van der Waals surface area contributed by atoms with E-state index in [9.17, 15) is 18.0 Å². The van der Waals surface area contributed by atoms with Crippen LogP contribution in [0.4, 0.5) is 11.4 Å². The monoisotopic (exact) mass is 524 g/mol. The Bertz CT molecular complexity index is 1910. The highest BCUT2D eigenvalue weighted by molar-refractivity contribution is 7.92. The van der Waals surface area contributed by atoms with Crippen LogP contribution in [0.1, 0.15) is 5.56 Å². The number of amides is 1. The fourth-order valence-corrected chi connectivity index (χ4v) is 5.01. The number of pyridine rings is 2. The maximum Gasteiger partial charge on any atom is 0.255 e. The van der Waals surface area contributed by atoms with Crippen molar-refractivity contribution in [2.24, 2.45) is 0 Å². The quantitative estimate of drug-likeness (QED) is 0.240. The number of aryl methyl sites for hydroxylation is 1. The molecule has 5 aromatic rings. The Kier molecular flexibility index (Phi) is 6.30. The second-order valence-electron chi connectivity index (χ2n) is 9.00.